The predicted octanol–water partition coefficient (Wildman–Crippen LogP) is 4.70. The lowest BCUT2D eigenvalue weighted by Crippen LogP contribution is -1.72. The number of hydrogen-bond donors (Lipinski definition) is 0. The molecule has 0 N–H and O–H groups in total. The Morgan fingerprint density at radius 3 is 2.60 bits per heavy atom. The summed E-state index contributed by atoms with van der Waals surface area (Å²) in [5.41, 5.74) is 1.23. The lowest BCUT2D eigenvalue weighted by Gasteiger charge is -1.96. The Morgan fingerprint density at radius 2 is 1.73 bits per heavy atom. The van der Waals surface area contributed by atoms with Crippen LogP contribution in [0.2, 0.25) is 0 Å². The van der Waals surface area contributed by atoms with Crippen molar-refractivity contribution in [2.24, 2.45) is 0 Å². The Balaban J connectivity index is 2.62. The summed E-state index contributed by atoms with van der Waals surface area (Å²) < 4.78 is 2.69. The maximum Gasteiger partial charge on any atom is 0.0361 e. The van der Waals surface area contributed by atoms with Gasteiger partial charge in [0.2, 0.25) is 0 Å². The van der Waals surface area contributed by atoms with E-state index in [-0.39, 0.29) is 0 Å². The fourth-order valence-corrected chi connectivity index (χ4v) is 3.11. The molecule has 1 aromatic heterocycles. The van der Waals surface area contributed by atoms with Crippen LogP contribution in [0.4, 0.5) is 0 Å². The normalized spacial score (nSPS) is 10.9. The van der Waals surface area contributed by atoms with Gasteiger partial charge < -0.3 is 0 Å². The van der Waals surface area contributed by atoms with E-state index in [0.29, 0.717) is 0 Å². The van der Waals surface area contributed by atoms with Crippen LogP contribution in [0.3, 0.4) is 0 Å². The quantitative estimate of drug-likeness (QED) is 0.546. The molecule has 1 heteroatoms. The lowest BCUT2D eigenvalue weighted by molar-refractivity contribution is 1.79. The fraction of sp³-hybridized carbons (Fsp3) is 0. The Hall–Kier alpha value is -1.60. The summed E-state index contributed by atoms with van der Waals surface area (Å²) in [6.07, 6.45) is 1.93. The predicted molar refractivity (Wildman–Crippen MR) is 69.4 cm³/mol. The minimum Gasteiger partial charge on any atom is -0.135 e. The molecular weight excluding hydrogens is 200 g/mol. The average molecular weight is 210 g/mol. The van der Waals surface area contributed by atoms with Gasteiger partial charge in [-0.3, -0.25) is 0 Å². The van der Waals surface area contributed by atoms with Gasteiger partial charge in [-0.1, -0.05) is 43.0 Å². The van der Waals surface area contributed by atoms with E-state index in [0.717, 1.165) is 0 Å². The summed E-state index contributed by atoms with van der Waals surface area (Å²) in [6.45, 7) is 3.87. The van der Waals surface area contributed by atoms with Gasteiger partial charge in [0.15, 0.2) is 0 Å². The third-order valence-corrected chi connectivity index (χ3v) is 3.79. The van der Waals surface area contributed by atoms with E-state index in [9.17, 15) is 0 Å². The van der Waals surface area contributed by atoms with Crippen LogP contribution < -0.4 is 0 Å². The summed E-state index contributed by atoms with van der Waals surface area (Å²) in [6, 6.07) is 14.9. The maximum absolute atomic E-state index is 3.87. The van der Waals surface area contributed by atoms with E-state index in [1.165, 1.54) is 25.7 Å². The zero-order chi connectivity index (χ0) is 10.3. The minimum atomic E-state index is 1.23. The van der Waals surface area contributed by atoms with Crippen LogP contribution in [0.1, 0.15) is 5.56 Å². The topological polar surface area (TPSA) is 0 Å². The Morgan fingerprint density at radius 1 is 0.933 bits per heavy atom. The van der Waals surface area contributed by atoms with Crippen molar-refractivity contribution in [2.75, 3.05) is 0 Å². The summed E-state index contributed by atoms with van der Waals surface area (Å²) in [5.74, 6) is 0. The molecule has 0 aliphatic rings. The summed E-state index contributed by atoms with van der Waals surface area (Å²) in [4.78, 5) is 0. The fourth-order valence-electron chi connectivity index (χ4n) is 1.97. The third-order valence-electron chi connectivity index (χ3n) is 2.65. The highest BCUT2D eigenvalue weighted by atomic mass is 32.1. The minimum absolute atomic E-state index is 1.23. The van der Waals surface area contributed by atoms with E-state index in [2.05, 4.69) is 49.0 Å². The first-order valence-electron chi connectivity index (χ1n) is 4.93. The molecule has 0 aliphatic heterocycles. The summed E-state index contributed by atoms with van der Waals surface area (Å²) >= 11 is 1.84. The van der Waals surface area contributed by atoms with Crippen molar-refractivity contribution in [3.8, 4) is 0 Å². The van der Waals surface area contributed by atoms with E-state index < -0.39 is 0 Å². The second kappa shape index (κ2) is 3.21. The molecule has 0 radical (unpaired) electrons. The number of thiophene rings is 1. The number of benzene rings is 2. The van der Waals surface area contributed by atoms with Gasteiger partial charge in [-0.25, -0.2) is 0 Å². The van der Waals surface area contributed by atoms with Crippen molar-refractivity contribution < 1.29 is 0 Å². The summed E-state index contributed by atoms with van der Waals surface area (Å²) in [5, 5.41) is 2.68. The highest BCUT2D eigenvalue weighted by Crippen LogP contribution is 2.35. The molecule has 1 heterocycles. The molecule has 0 bridgehead atoms. The first kappa shape index (κ1) is 8.69. The first-order chi connectivity index (χ1) is 7.40. The van der Waals surface area contributed by atoms with Gasteiger partial charge in [0, 0.05) is 20.2 Å². The molecule has 3 aromatic rings. The van der Waals surface area contributed by atoms with Crippen molar-refractivity contribution >= 4 is 37.6 Å². The van der Waals surface area contributed by atoms with Gasteiger partial charge in [0.1, 0.15) is 0 Å². The Bertz CT molecular complexity index is 647. The van der Waals surface area contributed by atoms with Crippen molar-refractivity contribution in [2.45, 2.75) is 0 Å². The van der Waals surface area contributed by atoms with Gasteiger partial charge in [0.25, 0.3) is 0 Å². The molecule has 0 nitrogen and oxygen atoms in total. The second-order valence-corrected chi connectivity index (χ2v) is 4.61. The molecule has 0 saturated carbocycles. The smallest absolute Gasteiger partial charge is 0.0361 e. The molecule has 15 heavy (non-hydrogen) atoms. The van der Waals surface area contributed by atoms with Crippen molar-refractivity contribution in [1.82, 2.24) is 0 Å². The highest BCUT2D eigenvalue weighted by molar-refractivity contribution is 7.25. The number of fused-ring (bicyclic) bond motifs is 3. The maximum atomic E-state index is 3.87. The Labute approximate surface area is 92.5 Å². The molecule has 0 saturated heterocycles. The third kappa shape index (κ3) is 1.20. The Kier molecular flexibility index (Phi) is 1.86. The van der Waals surface area contributed by atoms with Gasteiger partial charge in [-0.15, -0.1) is 11.3 Å². The van der Waals surface area contributed by atoms with Gasteiger partial charge >= 0.3 is 0 Å². The molecule has 0 amide bonds. The molecule has 0 fully saturated rings. The zero-order valence-corrected chi connectivity index (χ0v) is 9.05. The molecule has 2 aromatic carbocycles. The van der Waals surface area contributed by atoms with Crippen LogP contribution in [-0.4, -0.2) is 0 Å². The standard InChI is InChI=1S/C14H10S/c1-2-10-6-5-9-13-14(10)11-7-3-4-8-12(11)15-13/h2-9H,1H2. The van der Waals surface area contributed by atoms with Crippen LogP contribution in [0.5, 0.6) is 0 Å². The first-order valence-corrected chi connectivity index (χ1v) is 5.74. The van der Waals surface area contributed by atoms with Gasteiger partial charge in [-0.05, 0) is 17.7 Å². The van der Waals surface area contributed by atoms with Crippen molar-refractivity contribution in [3.05, 3.63) is 54.6 Å². The van der Waals surface area contributed by atoms with Crippen LogP contribution in [-0.2, 0) is 0 Å². The number of rotatable bonds is 1. The average Bonchev–Trinajstić information content (AvgIpc) is 2.67. The van der Waals surface area contributed by atoms with Crippen LogP contribution in [0.25, 0.3) is 26.2 Å². The SMILES string of the molecule is C=Cc1cccc2sc3ccccc3c12. The van der Waals surface area contributed by atoms with Gasteiger partial charge in [-0.2, -0.15) is 0 Å². The van der Waals surface area contributed by atoms with Crippen LogP contribution in [0, 0.1) is 0 Å². The van der Waals surface area contributed by atoms with Crippen LogP contribution in [0.15, 0.2) is 49.0 Å². The second-order valence-electron chi connectivity index (χ2n) is 3.52. The summed E-state index contributed by atoms with van der Waals surface area (Å²) in [7, 11) is 0. The van der Waals surface area contributed by atoms with Crippen molar-refractivity contribution in [3.63, 3.8) is 0 Å². The van der Waals surface area contributed by atoms with Crippen LogP contribution >= 0.6 is 11.3 Å². The zero-order valence-electron chi connectivity index (χ0n) is 8.23. The molecule has 0 unspecified atom stereocenters. The van der Waals surface area contributed by atoms with E-state index >= 15 is 0 Å². The molecule has 72 valence electrons. The monoisotopic (exact) mass is 210 g/mol. The lowest BCUT2D eigenvalue weighted by atomic mass is 10.1. The van der Waals surface area contributed by atoms with Gasteiger partial charge in [0.05, 0.1) is 0 Å². The molecule has 0 spiro atoms. The van der Waals surface area contributed by atoms with E-state index in [1.807, 2.05) is 17.4 Å². The molecule has 0 aliphatic carbocycles. The molecule has 0 atom stereocenters. The van der Waals surface area contributed by atoms with E-state index in [1.54, 1.807) is 0 Å². The molecule has 3 rings (SSSR count). The van der Waals surface area contributed by atoms with Crippen molar-refractivity contribution in [1.29, 1.82) is 0 Å². The highest BCUT2D eigenvalue weighted by Gasteiger charge is 2.05. The molecular formula is C14H10S. The van der Waals surface area contributed by atoms with E-state index in [4.69, 9.17) is 0 Å². The largest absolute Gasteiger partial charge is 0.135 e. The number of hydrogen-bond acceptors (Lipinski definition) is 1.